The van der Waals surface area contributed by atoms with E-state index in [0.29, 0.717) is 16.6 Å². The Kier molecular flexibility index (Phi) is 7.38. The first-order valence-electron chi connectivity index (χ1n) is 10.6. The van der Waals surface area contributed by atoms with Gasteiger partial charge in [0.2, 0.25) is 0 Å². The summed E-state index contributed by atoms with van der Waals surface area (Å²) in [5, 5.41) is 4.29. The molecule has 30 heavy (non-hydrogen) atoms. The van der Waals surface area contributed by atoms with Gasteiger partial charge in [0, 0.05) is 49.5 Å². The Morgan fingerprint density at radius 1 is 1.17 bits per heavy atom. The summed E-state index contributed by atoms with van der Waals surface area (Å²) < 4.78 is 0. The number of H-pyrrole nitrogens is 1. The zero-order chi connectivity index (χ0) is 21.9. The fraction of sp³-hybridized carbons (Fsp3) is 0.522. The van der Waals surface area contributed by atoms with E-state index in [2.05, 4.69) is 40.9 Å². The molecule has 1 saturated heterocycles. The van der Waals surface area contributed by atoms with E-state index in [9.17, 15) is 4.79 Å². The average molecular weight is 451 g/mol. The lowest BCUT2D eigenvalue weighted by atomic mass is 9.92. The van der Waals surface area contributed by atoms with Gasteiger partial charge in [0.1, 0.15) is 0 Å². The fourth-order valence-electron chi connectivity index (χ4n) is 3.75. The van der Waals surface area contributed by atoms with E-state index >= 15 is 0 Å². The molecule has 2 aromatic rings. The van der Waals surface area contributed by atoms with Gasteiger partial charge < -0.3 is 15.2 Å². The highest BCUT2D eigenvalue weighted by Crippen LogP contribution is 2.32. The number of aromatic amines is 1. The number of aryl methyl sites for hydroxylation is 1. The number of nitrogens with zero attached hydrogens (tertiary/aromatic N) is 2. The molecule has 2 heterocycles. The Morgan fingerprint density at radius 3 is 2.50 bits per heavy atom. The van der Waals surface area contributed by atoms with Crippen LogP contribution >= 0.6 is 23.2 Å². The maximum absolute atomic E-state index is 12.5. The molecule has 2 N–H and O–H groups in total. The van der Waals surface area contributed by atoms with Gasteiger partial charge in [-0.05, 0) is 38.1 Å². The molecule has 0 atom stereocenters. The Balaban J connectivity index is 1.41. The van der Waals surface area contributed by atoms with Gasteiger partial charge in [-0.15, -0.1) is 0 Å². The largest absolute Gasteiger partial charge is 0.368 e. The van der Waals surface area contributed by atoms with Gasteiger partial charge in [0.05, 0.1) is 21.3 Å². The molecule has 3 rings (SSSR count). The van der Waals surface area contributed by atoms with Crippen LogP contribution in [0.3, 0.4) is 0 Å². The van der Waals surface area contributed by atoms with Crippen LogP contribution in [0, 0.1) is 6.92 Å². The molecule has 0 spiro atoms. The maximum atomic E-state index is 12.5. The van der Waals surface area contributed by atoms with Crippen molar-refractivity contribution in [2.75, 3.05) is 44.2 Å². The number of benzene rings is 1. The van der Waals surface area contributed by atoms with Gasteiger partial charge in [0.25, 0.3) is 5.91 Å². The number of anilines is 1. The zero-order valence-corrected chi connectivity index (χ0v) is 19.8. The van der Waals surface area contributed by atoms with Crippen LogP contribution in [0.25, 0.3) is 0 Å². The highest BCUT2D eigenvalue weighted by Gasteiger charge is 2.21. The third-order valence-electron chi connectivity index (χ3n) is 5.65. The van der Waals surface area contributed by atoms with Gasteiger partial charge >= 0.3 is 0 Å². The highest BCUT2D eigenvalue weighted by atomic mass is 35.5. The first-order valence-corrected chi connectivity index (χ1v) is 11.3. The van der Waals surface area contributed by atoms with E-state index < -0.39 is 0 Å². The molecule has 0 bridgehead atoms. The molecule has 7 heteroatoms. The second-order valence-corrected chi connectivity index (χ2v) is 9.77. The van der Waals surface area contributed by atoms with Gasteiger partial charge in [-0.1, -0.05) is 50.0 Å². The quantitative estimate of drug-likeness (QED) is 0.617. The Hall–Kier alpha value is -1.69. The predicted octanol–water partition coefficient (Wildman–Crippen LogP) is 4.87. The normalized spacial score (nSPS) is 15.5. The molecule has 164 valence electrons. The fourth-order valence-corrected chi connectivity index (χ4v) is 4.16. The monoisotopic (exact) mass is 450 g/mol. The van der Waals surface area contributed by atoms with Crippen LogP contribution in [0.1, 0.15) is 48.9 Å². The van der Waals surface area contributed by atoms with Crippen molar-refractivity contribution >= 4 is 34.8 Å². The predicted molar refractivity (Wildman–Crippen MR) is 126 cm³/mol. The lowest BCUT2D eigenvalue weighted by Gasteiger charge is -2.36. The van der Waals surface area contributed by atoms with Crippen molar-refractivity contribution in [1.82, 2.24) is 15.2 Å². The lowest BCUT2D eigenvalue weighted by molar-refractivity contribution is 0.0951. The first-order chi connectivity index (χ1) is 14.2. The number of halogens is 2. The standard InChI is InChI=1S/C23H32Cl2N4O/c1-16-17(15-20(27-16)23(2,3)4)22(30)26-9-6-10-28-11-13-29(14-12-28)19-8-5-7-18(24)21(19)25/h5,7-8,15,27H,6,9-14H2,1-4H3,(H,26,30). The van der Waals surface area contributed by atoms with E-state index in [4.69, 9.17) is 23.2 Å². The van der Waals surface area contributed by atoms with Crippen molar-refractivity contribution < 1.29 is 4.79 Å². The summed E-state index contributed by atoms with van der Waals surface area (Å²) in [6.45, 7) is 13.8. The van der Waals surface area contributed by atoms with Crippen LogP contribution in [-0.4, -0.2) is 55.1 Å². The Labute approximate surface area is 189 Å². The smallest absolute Gasteiger partial charge is 0.253 e. The number of aromatic nitrogens is 1. The number of carbonyl (C=O) groups excluding carboxylic acids is 1. The third kappa shape index (κ3) is 5.51. The second kappa shape index (κ2) is 9.63. The van der Waals surface area contributed by atoms with E-state index in [-0.39, 0.29) is 11.3 Å². The summed E-state index contributed by atoms with van der Waals surface area (Å²) >= 11 is 12.5. The van der Waals surface area contributed by atoms with Crippen molar-refractivity contribution in [2.24, 2.45) is 0 Å². The highest BCUT2D eigenvalue weighted by molar-refractivity contribution is 6.43. The summed E-state index contributed by atoms with van der Waals surface area (Å²) in [6.07, 6.45) is 0.930. The van der Waals surface area contributed by atoms with Crippen molar-refractivity contribution in [1.29, 1.82) is 0 Å². The van der Waals surface area contributed by atoms with E-state index in [1.54, 1.807) is 0 Å². The molecule has 0 aliphatic carbocycles. The van der Waals surface area contributed by atoms with Crippen molar-refractivity contribution in [3.63, 3.8) is 0 Å². The van der Waals surface area contributed by atoms with Gasteiger partial charge in [0.15, 0.2) is 0 Å². The minimum Gasteiger partial charge on any atom is -0.368 e. The van der Waals surface area contributed by atoms with Crippen LogP contribution < -0.4 is 10.2 Å². The molecule has 0 radical (unpaired) electrons. The minimum atomic E-state index is -0.000308. The summed E-state index contributed by atoms with van der Waals surface area (Å²) in [5.74, 6) is -0.000308. The molecule has 1 aliphatic heterocycles. The summed E-state index contributed by atoms with van der Waals surface area (Å²) in [4.78, 5) is 20.6. The van der Waals surface area contributed by atoms with Gasteiger partial charge in [-0.3, -0.25) is 9.69 Å². The van der Waals surface area contributed by atoms with E-state index in [0.717, 1.165) is 61.8 Å². The molecular formula is C23H32Cl2N4O. The summed E-state index contributed by atoms with van der Waals surface area (Å²) in [7, 11) is 0. The molecule has 5 nitrogen and oxygen atoms in total. The van der Waals surface area contributed by atoms with Crippen LogP contribution in [-0.2, 0) is 5.41 Å². The first kappa shape index (κ1) is 23.0. The average Bonchev–Trinajstić information content (AvgIpc) is 3.10. The SMILES string of the molecule is Cc1[nH]c(C(C)(C)C)cc1C(=O)NCCCN1CCN(c2cccc(Cl)c2Cl)CC1. The van der Waals surface area contributed by atoms with Gasteiger partial charge in [-0.2, -0.15) is 0 Å². The number of carbonyl (C=O) groups is 1. The van der Waals surface area contributed by atoms with Crippen molar-refractivity contribution in [3.8, 4) is 0 Å². The Bertz CT molecular complexity index is 880. The van der Waals surface area contributed by atoms with E-state index in [1.165, 1.54) is 0 Å². The second-order valence-electron chi connectivity index (χ2n) is 8.98. The number of nitrogens with one attached hydrogen (secondary N) is 2. The molecule has 1 amide bonds. The zero-order valence-electron chi connectivity index (χ0n) is 18.3. The number of hydrogen-bond acceptors (Lipinski definition) is 3. The number of amides is 1. The molecule has 1 aromatic carbocycles. The van der Waals surface area contributed by atoms with Crippen molar-refractivity contribution in [3.05, 3.63) is 51.3 Å². The molecule has 0 unspecified atom stereocenters. The number of piperazine rings is 1. The molecule has 0 saturated carbocycles. The molecular weight excluding hydrogens is 419 g/mol. The summed E-state index contributed by atoms with van der Waals surface area (Å²) in [6, 6.07) is 7.75. The number of rotatable bonds is 6. The number of hydrogen-bond donors (Lipinski definition) is 2. The summed E-state index contributed by atoms with van der Waals surface area (Å²) in [5.41, 5.74) is 3.76. The Morgan fingerprint density at radius 2 is 1.87 bits per heavy atom. The van der Waals surface area contributed by atoms with Crippen LogP contribution in [0.5, 0.6) is 0 Å². The lowest BCUT2D eigenvalue weighted by Crippen LogP contribution is -2.47. The third-order valence-corrected chi connectivity index (χ3v) is 6.46. The molecule has 1 aliphatic rings. The molecule has 1 aromatic heterocycles. The minimum absolute atomic E-state index is 0.000308. The molecule has 1 fully saturated rings. The van der Waals surface area contributed by atoms with E-state index in [1.807, 2.05) is 31.2 Å². The van der Waals surface area contributed by atoms with Crippen molar-refractivity contribution in [2.45, 2.75) is 39.5 Å². The van der Waals surface area contributed by atoms with Gasteiger partial charge in [-0.25, -0.2) is 0 Å². The van der Waals surface area contributed by atoms with Crippen LogP contribution in [0.4, 0.5) is 5.69 Å². The van der Waals surface area contributed by atoms with Crippen LogP contribution in [0.2, 0.25) is 10.0 Å². The van der Waals surface area contributed by atoms with Crippen LogP contribution in [0.15, 0.2) is 24.3 Å². The maximum Gasteiger partial charge on any atom is 0.253 e. The topological polar surface area (TPSA) is 51.4 Å².